The quantitative estimate of drug-likeness (QED) is 0.0575. The number of hydrogen-bond donors (Lipinski definition) is 3. The van der Waals surface area contributed by atoms with Gasteiger partial charge in [0, 0.05) is 24.9 Å². The average Bonchev–Trinajstić information content (AvgIpc) is 3.65. The maximum absolute atomic E-state index is 12.1. The van der Waals surface area contributed by atoms with E-state index in [1.165, 1.54) is 6.92 Å². The van der Waals surface area contributed by atoms with Crippen molar-refractivity contribution >= 4 is 76.2 Å². The summed E-state index contributed by atoms with van der Waals surface area (Å²) in [4.78, 5) is 43.3. The number of aryl methyl sites for hydroxylation is 1. The van der Waals surface area contributed by atoms with E-state index in [1.54, 1.807) is 12.3 Å². The van der Waals surface area contributed by atoms with E-state index >= 15 is 0 Å². The van der Waals surface area contributed by atoms with E-state index in [0.717, 1.165) is 52.5 Å². The fourth-order valence-corrected chi connectivity index (χ4v) is 8.33. The van der Waals surface area contributed by atoms with Crippen LogP contribution in [0.5, 0.6) is 0 Å². The van der Waals surface area contributed by atoms with Crippen molar-refractivity contribution in [2.75, 3.05) is 43.5 Å². The third-order valence-corrected chi connectivity index (χ3v) is 12.0. The van der Waals surface area contributed by atoms with Crippen LogP contribution in [0.25, 0.3) is 0 Å². The van der Waals surface area contributed by atoms with Gasteiger partial charge in [0.25, 0.3) is 6.47 Å². The number of carbonyl (C=O) groups excluding carboxylic acids is 2. The Bertz CT molecular complexity index is 2110. The third-order valence-electron chi connectivity index (χ3n) is 10.1. The van der Waals surface area contributed by atoms with Gasteiger partial charge in [0.2, 0.25) is 0 Å². The smallest absolute Gasteiger partial charge is 0.253 e. The second-order valence-electron chi connectivity index (χ2n) is 15.6. The number of likely N-dealkylation sites (N-methyl/N-ethyl adjacent to an activating group) is 1. The SMILES string of the molecule is CC(C)(C)OC=O.CNCC1(c2cc(C)on2)CCN(c2nc(NC3CCCCO3)c(C(=N)c3ccnc(N=[C]([Pb])c4ccccc4)c3Cl)nc2COC(C)=O)CC1C. The summed E-state index contributed by atoms with van der Waals surface area (Å²) in [5, 5.41) is 21.0. The molecular weight excluding hydrogens is 969 g/mol. The first-order valence-electron chi connectivity index (χ1n) is 19.6. The minimum atomic E-state index is -0.444. The summed E-state index contributed by atoms with van der Waals surface area (Å²) in [6.07, 6.45) is 4.80. The first-order valence-corrected chi connectivity index (χ1v) is 21.9. The van der Waals surface area contributed by atoms with Gasteiger partial charge in [-0.2, -0.15) is 0 Å². The number of nitrogens with zero attached hydrogens (tertiary/aromatic N) is 6. The molecule has 2 saturated heterocycles. The van der Waals surface area contributed by atoms with Gasteiger partial charge in [0.05, 0.1) is 5.69 Å². The Labute approximate surface area is 366 Å². The van der Waals surface area contributed by atoms with E-state index in [9.17, 15) is 15.0 Å². The monoisotopic (exact) mass is 1020 g/mol. The summed E-state index contributed by atoms with van der Waals surface area (Å²) in [7, 11) is 1.95. The molecule has 0 spiro atoms. The molecule has 3 N–H and O–H groups in total. The fraction of sp³-hybridized carbons (Fsp3) is 0.476. The van der Waals surface area contributed by atoms with Crippen molar-refractivity contribution in [1.82, 2.24) is 25.4 Å². The molecule has 1 aromatic carbocycles. The number of aromatic nitrogens is 4. The van der Waals surface area contributed by atoms with Crippen molar-refractivity contribution in [1.29, 1.82) is 5.41 Å². The molecule has 2 fully saturated rings. The van der Waals surface area contributed by atoms with Gasteiger partial charge in [-0.05, 0) is 53.5 Å². The van der Waals surface area contributed by atoms with Gasteiger partial charge in [-0.25, -0.2) is 0 Å². The number of anilines is 2. The van der Waals surface area contributed by atoms with Crippen LogP contribution in [-0.2, 0) is 35.8 Å². The molecule has 15 nitrogen and oxygen atoms in total. The van der Waals surface area contributed by atoms with E-state index < -0.39 is 5.97 Å². The molecule has 59 heavy (non-hydrogen) atoms. The zero-order valence-electron chi connectivity index (χ0n) is 34.7. The van der Waals surface area contributed by atoms with Gasteiger partial charge in [-0.1, -0.05) is 12.1 Å². The van der Waals surface area contributed by atoms with Crippen LogP contribution >= 0.6 is 11.6 Å². The molecule has 3 unspecified atom stereocenters. The third kappa shape index (κ3) is 11.9. The Morgan fingerprint density at radius 2 is 1.97 bits per heavy atom. The number of benzene rings is 1. The van der Waals surface area contributed by atoms with Gasteiger partial charge in [-0.3, -0.25) is 9.59 Å². The molecule has 17 heteroatoms. The number of hydrogen-bond acceptors (Lipinski definition) is 15. The Morgan fingerprint density at radius 1 is 1.20 bits per heavy atom. The van der Waals surface area contributed by atoms with Gasteiger partial charge >= 0.3 is 230 Å². The predicted molar refractivity (Wildman–Crippen MR) is 228 cm³/mol. The van der Waals surface area contributed by atoms with E-state index in [2.05, 4.69) is 37.3 Å². The van der Waals surface area contributed by atoms with Crippen LogP contribution in [0.3, 0.4) is 0 Å². The average molecular weight is 1020 g/mol. The molecule has 0 amide bonds. The topological polar surface area (TPSA) is 190 Å². The number of carbonyl (C=O) groups is 2. The summed E-state index contributed by atoms with van der Waals surface area (Å²) in [5.74, 6) is 1.75. The molecule has 0 aliphatic carbocycles. The Balaban J connectivity index is 0.000000867. The molecule has 3 atom stereocenters. The van der Waals surface area contributed by atoms with Crippen LogP contribution in [0.1, 0.15) is 94.3 Å². The van der Waals surface area contributed by atoms with E-state index in [1.807, 2.05) is 71.1 Å². The van der Waals surface area contributed by atoms with Crippen molar-refractivity contribution < 1.29 is 28.3 Å². The van der Waals surface area contributed by atoms with Crippen molar-refractivity contribution in [3.05, 3.63) is 87.7 Å². The number of halogens is 1. The number of esters is 1. The van der Waals surface area contributed by atoms with Gasteiger partial charge in [0.1, 0.15) is 11.4 Å². The number of aliphatic imine (C=N–C) groups is 1. The maximum atomic E-state index is 12.1. The fourth-order valence-electron chi connectivity index (χ4n) is 7.03. The summed E-state index contributed by atoms with van der Waals surface area (Å²) in [6.45, 7) is 13.9. The minimum absolute atomic E-state index is 0.0290. The molecule has 2 aliphatic heterocycles. The Kier molecular flexibility index (Phi) is 16.1. The van der Waals surface area contributed by atoms with Crippen molar-refractivity contribution in [2.24, 2.45) is 10.9 Å². The zero-order valence-corrected chi connectivity index (χ0v) is 39.4. The van der Waals surface area contributed by atoms with Crippen LogP contribution in [0.2, 0.25) is 5.02 Å². The van der Waals surface area contributed by atoms with Crippen LogP contribution in [0.4, 0.5) is 17.5 Å². The normalized spacial score (nSPS) is 19.6. The molecule has 4 aromatic rings. The second kappa shape index (κ2) is 20.8. The number of ether oxygens (including phenoxy) is 3. The van der Waals surface area contributed by atoms with Gasteiger partial charge in [0.15, 0.2) is 0 Å². The van der Waals surface area contributed by atoms with Crippen molar-refractivity contribution in [3.8, 4) is 0 Å². The summed E-state index contributed by atoms with van der Waals surface area (Å²) < 4.78 is 22.5. The van der Waals surface area contributed by atoms with E-state index in [4.69, 9.17) is 40.6 Å². The van der Waals surface area contributed by atoms with E-state index in [0.29, 0.717) is 80.6 Å². The molecule has 313 valence electrons. The molecule has 3 aromatic heterocycles. The number of piperidine rings is 1. The van der Waals surface area contributed by atoms with E-state index in [-0.39, 0.29) is 46.2 Å². The molecule has 5 heterocycles. The zero-order chi connectivity index (χ0) is 42.7. The van der Waals surface area contributed by atoms with Crippen LogP contribution in [0, 0.1) is 18.3 Å². The first-order chi connectivity index (χ1) is 28.2. The standard InChI is InChI=1S/C37H43ClN9O4.C5H10O2.Pb/c1-23-20-47(16-14-37(23,22-40-4)29-18-24(2)51-46-29)36-28(21-50-25(3)48)43-33(35(45-36)44-30-12-8-9-17-49-30)32(39)27-13-15-41-34(31(27)38)42-19-26-10-6-5-7-11-26;1-5(2,3)7-4-6;/h5-7,10-11,13,15,18,23,30,39-40H,8-9,12,14,16-17,20-22H2,1-4H3,(H,44,45);4H,1-3H3;. The molecular formula is C42H53ClN9O6Pb. The molecule has 6 rings (SSSR count). The number of rotatable bonds is 13. The summed E-state index contributed by atoms with van der Waals surface area (Å²) >= 11 is 7.63. The Hall–Kier alpha value is -4.33. The Morgan fingerprint density at radius 3 is 2.56 bits per heavy atom. The van der Waals surface area contributed by atoms with Crippen molar-refractivity contribution in [2.45, 2.75) is 91.1 Å². The van der Waals surface area contributed by atoms with Crippen LogP contribution < -0.4 is 15.5 Å². The predicted octanol–water partition coefficient (Wildman–Crippen LogP) is 6.45. The van der Waals surface area contributed by atoms with Crippen molar-refractivity contribution in [3.63, 3.8) is 0 Å². The van der Waals surface area contributed by atoms with Crippen LogP contribution in [-0.4, -0.2) is 112 Å². The van der Waals surface area contributed by atoms with Gasteiger partial charge < -0.3 is 14.6 Å². The summed E-state index contributed by atoms with van der Waals surface area (Å²) in [6, 6.07) is 13.6. The molecule has 3 radical (unpaired) electrons. The molecule has 0 saturated carbocycles. The second-order valence-corrected chi connectivity index (χ2v) is 17.8. The first kappa shape index (κ1) is 45.8. The summed E-state index contributed by atoms with van der Waals surface area (Å²) in [5.41, 5.74) is 2.47. The minimum Gasteiger partial charge on any atom is -0.253 e. The molecule has 2 aliphatic rings. The van der Waals surface area contributed by atoms with Crippen LogP contribution in [0.15, 0.2) is 58.2 Å². The number of nitrogens with one attached hydrogen (secondary N) is 3. The number of pyridine rings is 1. The molecule has 0 bridgehead atoms. The van der Waals surface area contributed by atoms with Gasteiger partial charge in [-0.15, -0.1) is 0 Å².